The molecule has 0 spiro atoms. The van der Waals surface area contributed by atoms with Gasteiger partial charge in [-0.3, -0.25) is 15.5 Å². The fourth-order valence-electron chi connectivity index (χ4n) is 2.46. The Kier molecular flexibility index (Phi) is 6.65. The molecule has 0 bridgehead atoms. The maximum absolute atomic E-state index is 12.9. The van der Waals surface area contributed by atoms with E-state index >= 15 is 0 Å². The number of hydrazone groups is 1. The summed E-state index contributed by atoms with van der Waals surface area (Å²) in [5, 5.41) is 15.1. The van der Waals surface area contributed by atoms with Gasteiger partial charge < -0.3 is 0 Å². The molecule has 0 unspecified atom stereocenters. The molecule has 0 aromatic heterocycles. The summed E-state index contributed by atoms with van der Waals surface area (Å²) in [6.07, 6.45) is 1.55. The maximum Gasteiger partial charge on any atom is 0.270 e. The van der Waals surface area contributed by atoms with E-state index in [4.69, 9.17) is 0 Å². The molecule has 0 saturated carbocycles. The number of nitrogens with zero attached hydrogens (tertiary/aromatic N) is 3. The number of nitro benzene ring substituents is 1. The number of hydrogen-bond acceptors (Lipinski definition) is 6. The number of rotatable bonds is 8. The van der Waals surface area contributed by atoms with E-state index in [2.05, 4.69) is 10.5 Å². The van der Waals surface area contributed by atoms with Crippen molar-refractivity contribution in [2.75, 3.05) is 18.5 Å². The van der Waals surface area contributed by atoms with Crippen LogP contribution in [0.25, 0.3) is 0 Å². The van der Waals surface area contributed by atoms with Crippen LogP contribution < -0.4 is 5.43 Å². The molecule has 2 aromatic rings. The lowest BCUT2D eigenvalue weighted by molar-refractivity contribution is -0.385. The summed E-state index contributed by atoms with van der Waals surface area (Å²) in [5.41, 5.74) is 4.52. The molecule has 0 heterocycles. The van der Waals surface area contributed by atoms with Gasteiger partial charge in [0.25, 0.3) is 5.69 Å². The van der Waals surface area contributed by atoms with Crippen LogP contribution in [0.5, 0.6) is 0 Å². The summed E-state index contributed by atoms with van der Waals surface area (Å²) in [6, 6.07) is 11.3. The van der Waals surface area contributed by atoms with Crippen molar-refractivity contribution in [1.29, 1.82) is 0 Å². The first kappa shape index (κ1) is 20.5. The number of nitrogens with one attached hydrogen (secondary N) is 1. The van der Waals surface area contributed by atoms with Gasteiger partial charge in [0.1, 0.15) is 4.90 Å². The number of sulfonamides is 1. The highest BCUT2D eigenvalue weighted by atomic mass is 32.2. The van der Waals surface area contributed by atoms with Crippen molar-refractivity contribution in [3.63, 3.8) is 0 Å². The molecule has 8 nitrogen and oxygen atoms in total. The molecule has 9 heteroatoms. The number of benzene rings is 2. The van der Waals surface area contributed by atoms with Crippen molar-refractivity contribution >= 4 is 27.6 Å². The van der Waals surface area contributed by atoms with Crippen molar-refractivity contribution < 1.29 is 13.3 Å². The van der Waals surface area contributed by atoms with Crippen LogP contribution in [-0.2, 0) is 10.0 Å². The molecule has 0 fully saturated rings. The minimum atomic E-state index is -3.90. The van der Waals surface area contributed by atoms with Gasteiger partial charge in [0.05, 0.1) is 16.8 Å². The summed E-state index contributed by atoms with van der Waals surface area (Å²) in [5.74, 6) is 0. The summed E-state index contributed by atoms with van der Waals surface area (Å²) in [4.78, 5) is 10.3. The molecule has 1 N–H and O–H groups in total. The minimum Gasteiger partial charge on any atom is -0.277 e. The summed E-state index contributed by atoms with van der Waals surface area (Å²) >= 11 is 0. The SMILES string of the molecule is CCN(CC)S(=O)(=O)c1cc([N+](=O)[O-])ccc1N/N=C\c1ccc(C)cc1. The van der Waals surface area contributed by atoms with Gasteiger partial charge in [-0.15, -0.1) is 0 Å². The molecular formula is C18H22N4O4S. The molecule has 0 saturated heterocycles. The average Bonchev–Trinajstić information content (AvgIpc) is 2.64. The zero-order chi connectivity index (χ0) is 20.0. The first-order valence-electron chi connectivity index (χ1n) is 8.44. The lowest BCUT2D eigenvalue weighted by Crippen LogP contribution is -2.31. The van der Waals surface area contributed by atoms with Crippen LogP contribution >= 0.6 is 0 Å². The summed E-state index contributed by atoms with van der Waals surface area (Å²) in [6.45, 7) is 5.91. The van der Waals surface area contributed by atoms with Crippen molar-refractivity contribution in [2.45, 2.75) is 25.7 Å². The van der Waals surface area contributed by atoms with Crippen LogP contribution in [0.1, 0.15) is 25.0 Å². The van der Waals surface area contributed by atoms with Gasteiger partial charge in [-0.25, -0.2) is 8.42 Å². The predicted octanol–water partition coefficient (Wildman–Crippen LogP) is 3.38. The Balaban J connectivity index is 2.40. The lowest BCUT2D eigenvalue weighted by Gasteiger charge is -2.20. The smallest absolute Gasteiger partial charge is 0.270 e. The predicted molar refractivity (Wildman–Crippen MR) is 106 cm³/mol. The van der Waals surface area contributed by atoms with Gasteiger partial charge in [-0.2, -0.15) is 9.41 Å². The molecule has 0 atom stereocenters. The molecule has 2 aromatic carbocycles. The highest BCUT2D eigenvalue weighted by Gasteiger charge is 2.27. The quantitative estimate of drug-likeness (QED) is 0.423. The van der Waals surface area contributed by atoms with Gasteiger partial charge >= 0.3 is 0 Å². The number of anilines is 1. The van der Waals surface area contributed by atoms with Crippen LogP contribution in [0.2, 0.25) is 0 Å². The Morgan fingerprint density at radius 2 is 1.78 bits per heavy atom. The highest BCUT2D eigenvalue weighted by Crippen LogP contribution is 2.29. The van der Waals surface area contributed by atoms with E-state index in [1.807, 2.05) is 31.2 Å². The van der Waals surface area contributed by atoms with Crippen LogP contribution in [0.4, 0.5) is 11.4 Å². The van der Waals surface area contributed by atoms with Crippen LogP contribution in [0.3, 0.4) is 0 Å². The third-order valence-electron chi connectivity index (χ3n) is 3.98. The minimum absolute atomic E-state index is 0.177. The Bertz CT molecular complexity index is 936. The van der Waals surface area contributed by atoms with E-state index in [0.29, 0.717) is 0 Å². The third-order valence-corrected chi connectivity index (χ3v) is 6.07. The van der Waals surface area contributed by atoms with E-state index in [1.54, 1.807) is 20.1 Å². The van der Waals surface area contributed by atoms with E-state index in [1.165, 1.54) is 16.4 Å². The summed E-state index contributed by atoms with van der Waals surface area (Å²) in [7, 11) is -3.90. The topological polar surface area (TPSA) is 105 Å². The van der Waals surface area contributed by atoms with E-state index in [0.717, 1.165) is 17.2 Å². The monoisotopic (exact) mass is 390 g/mol. The molecule has 2 rings (SSSR count). The third kappa shape index (κ3) is 4.89. The fraction of sp³-hybridized carbons (Fsp3) is 0.278. The molecule has 0 amide bonds. The molecule has 27 heavy (non-hydrogen) atoms. The number of non-ortho nitro benzene ring substituents is 1. The van der Waals surface area contributed by atoms with Crippen molar-refractivity contribution in [3.8, 4) is 0 Å². The standard InChI is InChI=1S/C18H22N4O4S/c1-4-21(5-2)27(25,26)18-12-16(22(23)24)10-11-17(18)20-19-13-15-8-6-14(3)7-9-15/h6-13,20H,4-5H2,1-3H3/b19-13-. The number of hydrogen-bond donors (Lipinski definition) is 1. The van der Waals surface area contributed by atoms with Gasteiger partial charge in [0, 0.05) is 25.2 Å². The van der Waals surface area contributed by atoms with Gasteiger partial charge in [0.15, 0.2) is 0 Å². The van der Waals surface area contributed by atoms with Crippen LogP contribution in [0.15, 0.2) is 52.5 Å². The second-order valence-corrected chi connectivity index (χ2v) is 7.71. The largest absolute Gasteiger partial charge is 0.277 e. The Morgan fingerprint density at radius 3 is 2.33 bits per heavy atom. The lowest BCUT2D eigenvalue weighted by atomic mass is 10.2. The van der Waals surface area contributed by atoms with Crippen molar-refractivity contribution in [3.05, 3.63) is 63.7 Å². The maximum atomic E-state index is 12.9. The number of nitro groups is 1. The Hall–Kier alpha value is -2.78. The van der Waals surface area contributed by atoms with Gasteiger partial charge in [-0.1, -0.05) is 43.7 Å². The van der Waals surface area contributed by atoms with Crippen LogP contribution in [-0.4, -0.2) is 37.0 Å². The summed E-state index contributed by atoms with van der Waals surface area (Å²) < 4.78 is 27.0. The average molecular weight is 390 g/mol. The Labute approximate surface area is 158 Å². The molecule has 144 valence electrons. The highest BCUT2D eigenvalue weighted by molar-refractivity contribution is 7.89. The van der Waals surface area contributed by atoms with E-state index < -0.39 is 14.9 Å². The van der Waals surface area contributed by atoms with Crippen LogP contribution in [0, 0.1) is 17.0 Å². The van der Waals surface area contributed by atoms with Crippen molar-refractivity contribution in [1.82, 2.24) is 4.31 Å². The molecule has 0 aliphatic rings. The van der Waals surface area contributed by atoms with Crippen molar-refractivity contribution in [2.24, 2.45) is 5.10 Å². The van der Waals surface area contributed by atoms with E-state index in [-0.39, 0.29) is 29.4 Å². The first-order chi connectivity index (χ1) is 12.8. The molecule has 0 aliphatic heterocycles. The molecule has 0 radical (unpaired) electrons. The second kappa shape index (κ2) is 8.74. The number of aryl methyl sites for hydroxylation is 1. The second-order valence-electron chi connectivity index (χ2n) is 5.81. The van der Waals surface area contributed by atoms with Gasteiger partial charge in [-0.05, 0) is 18.6 Å². The van der Waals surface area contributed by atoms with E-state index in [9.17, 15) is 18.5 Å². The zero-order valence-electron chi connectivity index (χ0n) is 15.4. The fourth-order valence-corrected chi connectivity index (χ4v) is 4.08. The normalized spacial score (nSPS) is 11.9. The zero-order valence-corrected chi connectivity index (χ0v) is 16.2. The Morgan fingerprint density at radius 1 is 1.15 bits per heavy atom. The van der Waals surface area contributed by atoms with Gasteiger partial charge in [0.2, 0.25) is 10.0 Å². The molecule has 0 aliphatic carbocycles. The first-order valence-corrected chi connectivity index (χ1v) is 9.88. The molecular weight excluding hydrogens is 368 g/mol.